The Labute approximate surface area is 103 Å². The second-order valence-corrected chi connectivity index (χ2v) is 4.74. The van der Waals surface area contributed by atoms with Gasteiger partial charge in [0, 0.05) is 13.0 Å². The third-order valence-electron chi connectivity index (χ3n) is 4.13. The fourth-order valence-electron chi connectivity index (χ4n) is 2.76. The number of amides is 3. The van der Waals surface area contributed by atoms with Crippen LogP contribution < -0.4 is 10.6 Å². The summed E-state index contributed by atoms with van der Waals surface area (Å²) in [5.41, 5.74) is -2.77. The lowest BCUT2D eigenvalue weighted by molar-refractivity contribution is -0.142. The Kier molecular flexibility index (Phi) is 2.45. The van der Waals surface area contributed by atoms with Crippen molar-refractivity contribution < 1.29 is 19.1 Å². The maximum absolute atomic E-state index is 12.2. The Bertz CT molecular complexity index is 497. The lowest BCUT2D eigenvalue weighted by Crippen LogP contribution is -2.47. The molecule has 7 heteroatoms. The molecule has 2 aliphatic rings. The zero-order valence-corrected chi connectivity index (χ0v) is 10.2. The highest BCUT2D eigenvalue weighted by Crippen LogP contribution is 2.49. The number of hydrogen-bond donors (Lipinski definition) is 2. The van der Waals surface area contributed by atoms with Crippen molar-refractivity contribution in [3.8, 4) is 6.07 Å². The van der Waals surface area contributed by atoms with Crippen molar-refractivity contribution in [2.24, 2.45) is 17.3 Å². The van der Waals surface area contributed by atoms with Crippen molar-refractivity contribution in [1.29, 1.82) is 5.26 Å². The quantitative estimate of drug-likeness (QED) is 0.454. The van der Waals surface area contributed by atoms with Crippen LogP contribution in [0.2, 0.25) is 0 Å². The third kappa shape index (κ3) is 1.13. The van der Waals surface area contributed by atoms with Gasteiger partial charge in [0.25, 0.3) is 0 Å². The maximum Gasteiger partial charge on any atom is 0.245 e. The molecule has 2 N–H and O–H groups in total. The van der Waals surface area contributed by atoms with E-state index < -0.39 is 40.7 Å². The SMILES string of the molecule is COC1(C)NC(=O)C2(C(=O)NC(=O)C2C#N)C1C. The molecule has 4 atom stereocenters. The molecule has 2 aliphatic heterocycles. The Hall–Kier alpha value is -1.94. The molecule has 0 radical (unpaired) electrons. The molecule has 1 spiro atoms. The van der Waals surface area contributed by atoms with Crippen LogP contribution in [0.3, 0.4) is 0 Å². The van der Waals surface area contributed by atoms with E-state index >= 15 is 0 Å². The summed E-state index contributed by atoms with van der Waals surface area (Å²) in [7, 11) is 1.39. The van der Waals surface area contributed by atoms with Crippen molar-refractivity contribution in [2.45, 2.75) is 19.6 Å². The molecule has 0 bridgehead atoms. The molecule has 4 unspecified atom stereocenters. The minimum absolute atomic E-state index is 0.640. The van der Waals surface area contributed by atoms with Gasteiger partial charge in [-0.25, -0.2) is 0 Å². The number of nitrogens with zero attached hydrogens (tertiary/aromatic N) is 1. The van der Waals surface area contributed by atoms with Crippen molar-refractivity contribution in [3.63, 3.8) is 0 Å². The molecule has 96 valence electrons. The molecule has 2 rings (SSSR count). The maximum atomic E-state index is 12.2. The molecule has 7 nitrogen and oxygen atoms in total. The highest BCUT2D eigenvalue weighted by atomic mass is 16.5. The van der Waals surface area contributed by atoms with Crippen LogP contribution in [0.25, 0.3) is 0 Å². The van der Waals surface area contributed by atoms with Gasteiger partial charge in [-0.2, -0.15) is 5.26 Å². The van der Waals surface area contributed by atoms with Crippen LogP contribution in [-0.2, 0) is 19.1 Å². The first-order valence-electron chi connectivity index (χ1n) is 5.47. The largest absolute Gasteiger partial charge is 0.359 e. The van der Waals surface area contributed by atoms with E-state index in [9.17, 15) is 14.4 Å². The average molecular weight is 251 g/mol. The Morgan fingerprint density at radius 3 is 2.39 bits per heavy atom. The van der Waals surface area contributed by atoms with Crippen LogP contribution in [0.15, 0.2) is 0 Å². The van der Waals surface area contributed by atoms with E-state index in [1.165, 1.54) is 7.11 Å². The zero-order chi connectivity index (χ0) is 13.7. The van der Waals surface area contributed by atoms with E-state index in [-0.39, 0.29) is 0 Å². The zero-order valence-electron chi connectivity index (χ0n) is 10.2. The smallest absolute Gasteiger partial charge is 0.245 e. The van der Waals surface area contributed by atoms with Crippen molar-refractivity contribution in [3.05, 3.63) is 0 Å². The highest BCUT2D eigenvalue weighted by molar-refractivity contribution is 6.20. The highest BCUT2D eigenvalue weighted by Gasteiger charge is 2.72. The molecule has 2 fully saturated rings. The van der Waals surface area contributed by atoms with Gasteiger partial charge in [0.15, 0.2) is 5.41 Å². The molecule has 0 aliphatic carbocycles. The third-order valence-corrected chi connectivity index (χ3v) is 4.13. The normalized spacial score (nSPS) is 42.9. The molecule has 0 saturated carbocycles. The van der Waals surface area contributed by atoms with Crippen molar-refractivity contribution in [2.75, 3.05) is 7.11 Å². The fraction of sp³-hybridized carbons (Fsp3) is 0.636. The number of nitrogens with one attached hydrogen (secondary N) is 2. The summed E-state index contributed by atoms with van der Waals surface area (Å²) in [6.45, 7) is 3.22. The van der Waals surface area contributed by atoms with Gasteiger partial charge in [0.1, 0.15) is 11.6 Å². The van der Waals surface area contributed by atoms with Gasteiger partial charge in [-0.1, -0.05) is 6.92 Å². The predicted molar refractivity (Wildman–Crippen MR) is 57.4 cm³/mol. The van der Waals surface area contributed by atoms with Crippen LogP contribution in [0.4, 0.5) is 0 Å². The fourth-order valence-corrected chi connectivity index (χ4v) is 2.76. The van der Waals surface area contributed by atoms with E-state index in [1.807, 2.05) is 0 Å². The van der Waals surface area contributed by atoms with Gasteiger partial charge in [-0.05, 0) is 6.92 Å². The number of nitriles is 1. The Morgan fingerprint density at radius 1 is 1.33 bits per heavy atom. The summed E-state index contributed by atoms with van der Waals surface area (Å²) in [6, 6.07) is 1.75. The van der Waals surface area contributed by atoms with Gasteiger partial charge in [-0.15, -0.1) is 0 Å². The number of imide groups is 1. The summed E-state index contributed by atoms with van der Waals surface area (Å²) in [4.78, 5) is 35.7. The minimum atomic E-state index is -1.70. The monoisotopic (exact) mass is 251 g/mol. The lowest BCUT2D eigenvalue weighted by Gasteiger charge is -2.31. The van der Waals surface area contributed by atoms with E-state index in [0.29, 0.717) is 0 Å². The molecule has 2 saturated heterocycles. The lowest BCUT2D eigenvalue weighted by atomic mass is 9.68. The van der Waals surface area contributed by atoms with Crippen LogP contribution in [0.1, 0.15) is 13.8 Å². The van der Waals surface area contributed by atoms with Crippen molar-refractivity contribution in [1.82, 2.24) is 10.6 Å². The molecule has 0 aromatic carbocycles. The summed E-state index contributed by atoms with van der Waals surface area (Å²) >= 11 is 0. The van der Waals surface area contributed by atoms with Gasteiger partial charge in [0.2, 0.25) is 17.7 Å². The molecule has 3 amide bonds. The van der Waals surface area contributed by atoms with Crippen LogP contribution in [0.5, 0.6) is 0 Å². The summed E-state index contributed by atoms with van der Waals surface area (Å²) in [5.74, 6) is -4.07. The van der Waals surface area contributed by atoms with Crippen LogP contribution >= 0.6 is 0 Å². The molecular formula is C11H13N3O4. The van der Waals surface area contributed by atoms with Gasteiger partial charge in [-0.3, -0.25) is 19.7 Å². The van der Waals surface area contributed by atoms with E-state index in [4.69, 9.17) is 10.00 Å². The predicted octanol–water partition coefficient (Wildman–Crippen LogP) is -1.10. The van der Waals surface area contributed by atoms with Crippen molar-refractivity contribution >= 4 is 17.7 Å². The Balaban J connectivity index is 2.61. The van der Waals surface area contributed by atoms with E-state index in [1.54, 1.807) is 19.9 Å². The molecule has 18 heavy (non-hydrogen) atoms. The molecule has 2 heterocycles. The summed E-state index contributed by atoms with van der Waals surface area (Å²) < 4.78 is 5.21. The number of carbonyl (C=O) groups excluding carboxylic acids is 3. The number of rotatable bonds is 1. The van der Waals surface area contributed by atoms with Gasteiger partial charge >= 0.3 is 0 Å². The first-order valence-corrected chi connectivity index (χ1v) is 5.47. The first-order chi connectivity index (χ1) is 8.34. The average Bonchev–Trinajstić information content (AvgIpc) is 2.68. The van der Waals surface area contributed by atoms with E-state index in [2.05, 4.69) is 10.6 Å². The number of ether oxygens (including phenoxy) is 1. The second-order valence-electron chi connectivity index (χ2n) is 4.74. The topological polar surface area (TPSA) is 108 Å². The van der Waals surface area contributed by atoms with Gasteiger partial charge in [0.05, 0.1) is 6.07 Å². The molecule has 0 aromatic rings. The minimum Gasteiger partial charge on any atom is -0.359 e. The number of methoxy groups -OCH3 is 1. The van der Waals surface area contributed by atoms with Gasteiger partial charge < -0.3 is 10.1 Å². The summed E-state index contributed by atoms with van der Waals surface area (Å²) in [5, 5.41) is 13.7. The molecule has 0 aromatic heterocycles. The second kappa shape index (κ2) is 3.53. The first kappa shape index (κ1) is 12.5. The molecular weight excluding hydrogens is 238 g/mol. The number of carbonyl (C=O) groups is 3. The number of hydrogen-bond acceptors (Lipinski definition) is 5. The van der Waals surface area contributed by atoms with E-state index in [0.717, 1.165) is 0 Å². The van der Waals surface area contributed by atoms with Crippen LogP contribution in [0, 0.1) is 28.6 Å². The van der Waals surface area contributed by atoms with Crippen LogP contribution in [-0.4, -0.2) is 30.6 Å². The standard InChI is InChI=1S/C11H13N3O4/c1-5-10(2,18-3)14-9(17)11(5)6(4-12)7(15)13-8(11)16/h5-6H,1-3H3,(H,14,17)(H,13,15,16). The summed E-state index contributed by atoms with van der Waals surface area (Å²) in [6.07, 6.45) is 0. The Morgan fingerprint density at radius 2 is 1.94 bits per heavy atom.